The van der Waals surface area contributed by atoms with E-state index in [1.165, 1.54) is 0 Å². The van der Waals surface area contributed by atoms with E-state index in [0.29, 0.717) is 0 Å². The molecule has 1 aromatic carbocycles. The van der Waals surface area contributed by atoms with Crippen LogP contribution in [0.4, 0.5) is 0 Å². The van der Waals surface area contributed by atoms with E-state index in [1.807, 2.05) is 30.3 Å². The lowest BCUT2D eigenvalue weighted by atomic mass is 9.93. The standard InChI is InChI=1S/C14H18N2S/c1-14(2,3)11-9-17-13(16-11)12(15)10-7-5-4-6-8-10/h4-9,12H,15H2,1-3H3. The van der Waals surface area contributed by atoms with Crippen LogP contribution in [0.5, 0.6) is 0 Å². The van der Waals surface area contributed by atoms with Crippen LogP contribution in [0.3, 0.4) is 0 Å². The normalized spacial score (nSPS) is 13.6. The average molecular weight is 246 g/mol. The number of hydrogen-bond donors (Lipinski definition) is 1. The Labute approximate surface area is 107 Å². The van der Waals surface area contributed by atoms with Gasteiger partial charge in [0, 0.05) is 10.8 Å². The van der Waals surface area contributed by atoms with Crippen molar-refractivity contribution in [3.05, 3.63) is 52.0 Å². The molecule has 0 saturated carbocycles. The Bertz CT molecular complexity index is 482. The van der Waals surface area contributed by atoms with Crippen LogP contribution in [0.15, 0.2) is 35.7 Å². The van der Waals surface area contributed by atoms with E-state index >= 15 is 0 Å². The molecule has 2 rings (SSSR count). The maximum absolute atomic E-state index is 6.22. The van der Waals surface area contributed by atoms with E-state index in [1.54, 1.807) is 11.3 Å². The number of nitrogens with two attached hydrogens (primary N) is 1. The highest BCUT2D eigenvalue weighted by Crippen LogP contribution is 2.28. The zero-order chi connectivity index (χ0) is 12.5. The Hall–Kier alpha value is -1.19. The molecule has 0 aliphatic carbocycles. The summed E-state index contributed by atoms with van der Waals surface area (Å²) in [7, 11) is 0. The summed E-state index contributed by atoms with van der Waals surface area (Å²) in [6.07, 6.45) is 0. The molecule has 0 spiro atoms. The summed E-state index contributed by atoms with van der Waals surface area (Å²) in [4.78, 5) is 4.65. The molecule has 90 valence electrons. The highest BCUT2D eigenvalue weighted by molar-refractivity contribution is 7.09. The Morgan fingerprint density at radius 1 is 1.18 bits per heavy atom. The summed E-state index contributed by atoms with van der Waals surface area (Å²) in [5, 5.41) is 3.10. The van der Waals surface area contributed by atoms with Crippen molar-refractivity contribution < 1.29 is 0 Å². The molecule has 0 radical (unpaired) electrons. The molecular weight excluding hydrogens is 228 g/mol. The number of hydrogen-bond acceptors (Lipinski definition) is 3. The van der Waals surface area contributed by atoms with Crippen LogP contribution >= 0.6 is 11.3 Å². The van der Waals surface area contributed by atoms with Crippen molar-refractivity contribution in [2.75, 3.05) is 0 Å². The molecule has 0 aliphatic rings. The van der Waals surface area contributed by atoms with E-state index in [4.69, 9.17) is 5.73 Å². The third kappa shape index (κ3) is 2.73. The molecule has 2 N–H and O–H groups in total. The average Bonchev–Trinajstić information content (AvgIpc) is 2.78. The third-order valence-corrected chi connectivity index (χ3v) is 3.64. The Kier molecular flexibility index (Phi) is 3.31. The van der Waals surface area contributed by atoms with Gasteiger partial charge in [0.1, 0.15) is 5.01 Å². The molecule has 1 unspecified atom stereocenters. The van der Waals surface area contributed by atoms with Crippen molar-refractivity contribution in [1.29, 1.82) is 0 Å². The zero-order valence-electron chi connectivity index (χ0n) is 10.5. The van der Waals surface area contributed by atoms with Crippen molar-refractivity contribution in [2.24, 2.45) is 5.73 Å². The number of aromatic nitrogens is 1. The zero-order valence-corrected chi connectivity index (χ0v) is 11.3. The molecule has 17 heavy (non-hydrogen) atoms. The lowest BCUT2D eigenvalue weighted by Crippen LogP contribution is -2.14. The second kappa shape index (κ2) is 4.59. The highest BCUT2D eigenvalue weighted by atomic mass is 32.1. The van der Waals surface area contributed by atoms with Crippen molar-refractivity contribution in [3.63, 3.8) is 0 Å². The van der Waals surface area contributed by atoms with Crippen LogP contribution in [-0.4, -0.2) is 4.98 Å². The summed E-state index contributed by atoms with van der Waals surface area (Å²) < 4.78 is 0. The third-order valence-electron chi connectivity index (χ3n) is 2.72. The Balaban J connectivity index is 2.27. The minimum atomic E-state index is -0.114. The van der Waals surface area contributed by atoms with Crippen LogP contribution in [0, 0.1) is 0 Å². The van der Waals surface area contributed by atoms with Gasteiger partial charge in [0.2, 0.25) is 0 Å². The molecule has 0 amide bonds. The minimum Gasteiger partial charge on any atom is -0.318 e. The first-order valence-corrected chi connectivity index (χ1v) is 6.63. The monoisotopic (exact) mass is 246 g/mol. The van der Waals surface area contributed by atoms with Gasteiger partial charge < -0.3 is 5.73 Å². The second-order valence-electron chi connectivity index (χ2n) is 5.21. The lowest BCUT2D eigenvalue weighted by molar-refractivity contribution is 0.569. The smallest absolute Gasteiger partial charge is 0.114 e. The molecule has 2 nitrogen and oxygen atoms in total. The molecular formula is C14H18N2S. The first-order chi connectivity index (χ1) is 7.98. The van der Waals surface area contributed by atoms with Crippen molar-refractivity contribution in [3.8, 4) is 0 Å². The van der Waals surface area contributed by atoms with E-state index in [9.17, 15) is 0 Å². The maximum atomic E-state index is 6.22. The molecule has 3 heteroatoms. The molecule has 0 bridgehead atoms. The topological polar surface area (TPSA) is 38.9 Å². The number of thiazole rings is 1. The Morgan fingerprint density at radius 3 is 2.35 bits per heavy atom. The van der Waals surface area contributed by atoms with Gasteiger partial charge in [-0.1, -0.05) is 51.1 Å². The number of nitrogens with zero attached hydrogens (tertiary/aromatic N) is 1. The van der Waals surface area contributed by atoms with Gasteiger partial charge in [-0.25, -0.2) is 4.98 Å². The number of rotatable bonds is 2. The SMILES string of the molecule is CC(C)(C)c1csc(C(N)c2ccccc2)n1. The maximum Gasteiger partial charge on any atom is 0.114 e. The summed E-state index contributed by atoms with van der Waals surface area (Å²) >= 11 is 1.64. The van der Waals surface area contributed by atoms with Gasteiger partial charge in [-0.05, 0) is 5.56 Å². The predicted octanol–water partition coefficient (Wildman–Crippen LogP) is 3.49. The van der Waals surface area contributed by atoms with Crippen molar-refractivity contribution in [2.45, 2.75) is 32.2 Å². The first-order valence-electron chi connectivity index (χ1n) is 5.75. The minimum absolute atomic E-state index is 0.0885. The van der Waals surface area contributed by atoms with Gasteiger partial charge in [0.05, 0.1) is 11.7 Å². The molecule has 0 aliphatic heterocycles. The molecule has 1 aromatic heterocycles. The van der Waals surface area contributed by atoms with E-state index in [-0.39, 0.29) is 11.5 Å². The summed E-state index contributed by atoms with van der Waals surface area (Å²) in [6.45, 7) is 6.50. The van der Waals surface area contributed by atoms with Crippen LogP contribution in [0.1, 0.15) is 43.1 Å². The molecule has 2 aromatic rings. The van der Waals surface area contributed by atoms with Crippen molar-refractivity contribution in [1.82, 2.24) is 4.98 Å². The summed E-state index contributed by atoms with van der Waals surface area (Å²) in [5.41, 5.74) is 8.54. The van der Waals surface area contributed by atoms with Gasteiger partial charge >= 0.3 is 0 Å². The van der Waals surface area contributed by atoms with Gasteiger partial charge in [0.15, 0.2) is 0 Å². The highest BCUT2D eigenvalue weighted by Gasteiger charge is 2.20. The summed E-state index contributed by atoms with van der Waals surface area (Å²) in [6, 6.07) is 9.99. The summed E-state index contributed by atoms with van der Waals surface area (Å²) in [5.74, 6) is 0. The van der Waals surface area contributed by atoms with Gasteiger partial charge in [0.25, 0.3) is 0 Å². The fourth-order valence-corrected chi connectivity index (χ4v) is 2.65. The molecule has 0 saturated heterocycles. The molecule has 1 atom stereocenters. The first kappa shape index (κ1) is 12.3. The lowest BCUT2D eigenvalue weighted by Gasteiger charge is -2.15. The van der Waals surface area contributed by atoms with Gasteiger partial charge in [-0.2, -0.15) is 0 Å². The van der Waals surface area contributed by atoms with Crippen molar-refractivity contribution >= 4 is 11.3 Å². The quantitative estimate of drug-likeness (QED) is 0.881. The second-order valence-corrected chi connectivity index (χ2v) is 6.10. The fraction of sp³-hybridized carbons (Fsp3) is 0.357. The van der Waals surface area contributed by atoms with Crippen LogP contribution < -0.4 is 5.73 Å². The van der Waals surface area contributed by atoms with Crippen LogP contribution in [-0.2, 0) is 5.41 Å². The molecule has 1 heterocycles. The number of benzene rings is 1. The van der Waals surface area contributed by atoms with Crippen LogP contribution in [0.25, 0.3) is 0 Å². The van der Waals surface area contributed by atoms with Gasteiger partial charge in [-0.3, -0.25) is 0 Å². The fourth-order valence-electron chi connectivity index (χ4n) is 1.58. The van der Waals surface area contributed by atoms with Crippen LogP contribution in [0.2, 0.25) is 0 Å². The van der Waals surface area contributed by atoms with E-state index in [0.717, 1.165) is 16.3 Å². The largest absolute Gasteiger partial charge is 0.318 e. The van der Waals surface area contributed by atoms with E-state index < -0.39 is 0 Å². The Morgan fingerprint density at radius 2 is 1.82 bits per heavy atom. The van der Waals surface area contributed by atoms with E-state index in [2.05, 4.69) is 31.1 Å². The molecule has 0 fully saturated rings. The predicted molar refractivity (Wildman–Crippen MR) is 73.3 cm³/mol. The van der Waals surface area contributed by atoms with Gasteiger partial charge in [-0.15, -0.1) is 11.3 Å².